The van der Waals surface area contributed by atoms with Crippen LogP contribution in [0.1, 0.15) is 34.2 Å². The minimum Gasteiger partial charge on any atom is -0.455 e. The summed E-state index contributed by atoms with van der Waals surface area (Å²) < 4.78 is 66.5. The van der Waals surface area contributed by atoms with Crippen LogP contribution in [0.5, 0.6) is 23.0 Å². The van der Waals surface area contributed by atoms with E-state index in [2.05, 4.69) is 0 Å². The first kappa shape index (κ1) is 19.5. The fourth-order valence-electron chi connectivity index (χ4n) is 5.26. The summed E-state index contributed by atoms with van der Waals surface area (Å²) in [6, 6.07) is 6.91. The second kappa shape index (κ2) is 6.68. The van der Waals surface area contributed by atoms with Gasteiger partial charge in [0.1, 0.15) is 6.10 Å². The molecule has 0 saturated heterocycles. The zero-order valence-corrected chi connectivity index (χ0v) is 16.9. The Labute approximate surface area is 180 Å². The highest BCUT2D eigenvalue weighted by Crippen LogP contribution is 2.55. The fourth-order valence-corrected chi connectivity index (χ4v) is 5.26. The number of esters is 1. The number of benzene rings is 2. The van der Waals surface area contributed by atoms with E-state index in [1.54, 1.807) is 12.1 Å². The molecule has 2 aromatic carbocycles. The van der Waals surface area contributed by atoms with Crippen molar-refractivity contribution in [3.8, 4) is 23.0 Å². The average Bonchev–Trinajstić information content (AvgIpc) is 3.40. The van der Waals surface area contributed by atoms with E-state index in [0.717, 1.165) is 22.3 Å². The van der Waals surface area contributed by atoms with Crippen LogP contribution in [-0.2, 0) is 22.5 Å². The molecule has 2 aromatic rings. The van der Waals surface area contributed by atoms with Crippen LogP contribution >= 0.6 is 0 Å². The third kappa shape index (κ3) is 2.82. The van der Waals surface area contributed by atoms with E-state index in [0.29, 0.717) is 29.5 Å². The number of ether oxygens (including phenoxy) is 5. The molecule has 0 fully saturated rings. The minimum absolute atomic E-state index is 0.0843. The lowest BCUT2D eigenvalue weighted by Crippen LogP contribution is -2.46. The van der Waals surface area contributed by atoms with Gasteiger partial charge in [-0.05, 0) is 41.9 Å². The summed E-state index contributed by atoms with van der Waals surface area (Å²) in [5, 5.41) is 0. The summed E-state index contributed by atoms with van der Waals surface area (Å²) in [7, 11) is 1.89. The van der Waals surface area contributed by atoms with E-state index < -0.39 is 24.2 Å². The molecule has 3 aliphatic heterocycles. The molecule has 0 aromatic heterocycles. The average molecular weight is 449 g/mol. The van der Waals surface area contributed by atoms with Gasteiger partial charge >= 0.3 is 12.1 Å². The molecule has 7 nitrogen and oxygen atoms in total. The van der Waals surface area contributed by atoms with Gasteiger partial charge in [-0.25, -0.2) is 4.79 Å². The first-order valence-electron chi connectivity index (χ1n) is 10.1. The van der Waals surface area contributed by atoms with Crippen LogP contribution in [0.3, 0.4) is 0 Å². The van der Waals surface area contributed by atoms with E-state index in [4.69, 9.17) is 23.7 Å². The maximum atomic E-state index is 13.1. The van der Waals surface area contributed by atoms with Gasteiger partial charge in [0, 0.05) is 30.5 Å². The number of likely N-dealkylation sites (N-methyl/N-ethyl adjacent to an activating group) is 1. The Morgan fingerprint density at radius 2 is 1.75 bits per heavy atom. The monoisotopic (exact) mass is 449 g/mol. The van der Waals surface area contributed by atoms with Crippen LogP contribution in [-0.4, -0.2) is 43.8 Å². The number of hydrogen-bond donors (Lipinski definition) is 0. The molecule has 168 valence electrons. The molecule has 32 heavy (non-hydrogen) atoms. The molecule has 10 heteroatoms. The van der Waals surface area contributed by atoms with Gasteiger partial charge in [0.25, 0.3) is 0 Å². The molecule has 0 spiro atoms. The van der Waals surface area contributed by atoms with Crippen molar-refractivity contribution < 1.29 is 41.7 Å². The van der Waals surface area contributed by atoms with Crippen LogP contribution in [0.2, 0.25) is 0 Å². The standard InChI is InChI=1S/C22H18F3NO6/c1-26-7-13-11(2-3-14-20(13)31-9-28-14)18-17(32-21(27)22(23,24)25)5-10-4-15-16(30-8-29-15)6-12(10)19(18)26/h2-4,6,17-19H,5,7-9H2,1H3. The van der Waals surface area contributed by atoms with Gasteiger partial charge in [-0.1, -0.05) is 6.07 Å². The lowest BCUT2D eigenvalue weighted by Gasteiger charge is -2.47. The first-order valence-corrected chi connectivity index (χ1v) is 10.1. The summed E-state index contributed by atoms with van der Waals surface area (Å²) in [6.45, 7) is 0.667. The van der Waals surface area contributed by atoms with Crippen LogP contribution in [0, 0.1) is 0 Å². The molecule has 0 saturated carbocycles. The fraction of sp³-hybridized carbons (Fsp3) is 0.409. The van der Waals surface area contributed by atoms with Crippen molar-refractivity contribution in [1.29, 1.82) is 0 Å². The first-order chi connectivity index (χ1) is 15.3. The van der Waals surface area contributed by atoms with Crippen LogP contribution in [0.25, 0.3) is 0 Å². The van der Waals surface area contributed by atoms with Crippen molar-refractivity contribution in [2.75, 3.05) is 20.6 Å². The summed E-state index contributed by atoms with van der Waals surface area (Å²) in [5.41, 5.74) is 3.32. The zero-order valence-electron chi connectivity index (χ0n) is 16.9. The maximum absolute atomic E-state index is 13.1. The highest BCUT2D eigenvalue weighted by Gasteiger charge is 2.50. The topological polar surface area (TPSA) is 66.5 Å². The Balaban J connectivity index is 1.50. The third-order valence-corrected chi connectivity index (χ3v) is 6.52. The molecule has 0 radical (unpaired) electrons. The second-order valence-electron chi connectivity index (χ2n) is 8.30. The molecule has 0 amide bonds. The Morgan fingerprint density at radius 1 is 1.03 bits per heavy atom. The second-order valence-corrected chi connectivity index (χ2v) is 8.30. The van der Waals surface area contributed by atoms with E-state index in [9.17, 15) is 18.0 Å². The van der Waals surface area contributed by atoms with Crippen LogP contribution in [0.4, 0.5) is 13.2 Å². The van der Waals surface area contributed by atoms with Gasteiger partial charge in [-0.15, -0.1) is 0 Å². The number of halogens is 3. The number of fused-ring (bicyclic) bond motifs is 8. The van der Waals surface area contributed by atoms with E-state index in [-0.39, 0.29) is 26.0 Å². The molecule has 3 heterocycles. The van der Waals surface area contributed by atoms with Gasteiger partial charge in [0.05, 0.1) is 0 Å². The van der Waals surface area contributed by atoms with Gasteiger partial charge in [-0.3, -0.25) is 4.90 Å². The van der Waals surface area contributed by atoms with Crippen molar-refractivity contribution in [2.24, 2.45) is 0 Å². The van der Waals surface area contributed by atoms with Crippen LogP contribution < -0.4 is 18.9 Å². The normalized spacial score (nSPS) is 25.1. The molecule has 3 atom stereocenters. The van der Waals surface area contributed by atoms with Crippen molar-refractivity contribution in [1.82, 2.24) is 4.90 Å². The zero-order chi connectivity index (χ0) is 22.2. The highest BCUT2D eigenvalue weighted by atomic mass is 19.4. The molecule has 1 aliphatic carbocycles. The Kier molecular flexibility index (Phi) is 4.08. The molecule has 0 bridgehead atoms. The van der Waals surface area contributed by atoms with Gasteiger partial charge in [-0.2, -0.15) is 13.2 Å². The molecule has 0 N–H and O–H groups in total. The lowest BCUT2D eigenvalue weighted by molar-refractivity contribution is -0.207. The number of carbonyl (C=O) groups excluding carboxylic acids is 1. The maximum Gasteiger partial charge on any atom is 0.490 e. The summed E-state index contributed by atoms with van der Waals surface area (Å²) in [4.78, 5) is 13.9. The van der Waals surface area contributed by atoms with Gasteiger partial charge < -0.3 is 23.7 Å². The van der Waals surface area contributed by atoms with Crippen LogP contribution in [0.15, 0.2) is 24.3 Å². The third-order valence-electron chi connectivity index (χ3n) is 6.52. The van der Waals surface area contributed by atoms with Crippen molar-refractivity contribution >= 4 is 5.97 Å². The number of alkyl halides is 3. The van der Waals surface area contributed by atoms with Gasteiger partial charge in [0.2, 0.25) is 13.6 Å². The number of carbonyl (C=O) groups is 1. The predicted octanol–water partition coefficient (Wildman–Crippen LogP) is 3.44. The molecule has 6 rings (SSSR count). The summed E-state index contributed by atoms with van der Waals surface area (Å²) in [6.07, 6.45) is -5.98. The quantitative estimate of drug-likeness (QED) is 0.618. The molecular formula is C22H18F3NO6. The summed E-state index contributed by atoms with van der Waals surface area (Å²) in [5.74, 6) is -0.411. The largest absolute Gasteiger partial charge is 0.490 e. The van der Waals surface area contributed by atoms with E-state index >= 15 is 0 Å². The van der Waals surface area contributed by atoms with Crippen molar-refractivity contribution in [2.45, 2.75) is 37.2 Å². The Bertz CT molecular complexity index is 1130. The predicted molar refractivity (Wildman–Crippen MR) is 102 cm³/mol. The van der Waals surface area contributed by atoms with Crippen molar-refractivity contribution in [3.05, 3.63) is 46.5 Å². The molecule has 4 aliphatic rings. The van der Waals surface area contributed by atoms with E-state index in [1.165, 1.54) is 0 Å². The summed E-state index contributed by atoms with van der Waals surface area (Å²) >= 11 is 0. The number of rotatable bonds is 1. The van der Waals surface area contributed by atoms with Gasteiger partial charge in [0.15, 0.2) is 23.0 Å². The highest BCUT2D eigenvalue weighted by molar-refractivity contribution is 5.76. The lowest BCUT2D eigenvalue weighted by atomic mass is 9.70. The number of hydrogen-bond acceptors (Lipinski definition) is 7. The Morgan fingerprint density at radius 3 is 2.53 bits per heavy atom. The molecular weight excluding hydrogens is 431 g/mol. The minimum atomic E-state index is -5.08. The number of nitrogens with zero attached hydrogens (tertiary/aromatic N) is 1. The van der Waals surface area contributed by atoms with E-state index in [1.807, 2.05) is 24.1 Å². The Hall–Kier alpha value is -3.14. The van der Waals surface area contributed by atoms with Crippen molar-refractivity contribution in [3.63, 3.8) is 0 Å². The molecule has 3 unspecified atom stereocenters. The SMILES string of the molecule is CN1Cc2c(ccc3c2OCO3)C2C(OC(=O)C(F)(F)F)Cc3cc4c(cc3C21)OCO4. The smallest absolute Gasteiger partial charge is 0.455 e.